The molecule has 190 valence electrons. The summed E-state index contributed by atoms with van der Waals surface area (Å²) in [7, 11) is -7.86. The van der Waals surface area contributed by atoms with E-state index in [0.717, 1.165) is 47.9 Å². The van der Waals surface area contributed by atoms with Crippen molar-refractivity contribution in [2.75, 3.05) is 11.5 Å². The molecule has 0 heterocycles. The molecule has 0 saturated heterocycles. The number of rotatable bonds is 15. The first kappa shape index (κ1) is 28.1. The van der Waals surface area contributed by atoms with Gasteiger partial charge in [0.2, 0.25) is 0 Å². The van der Waals surface area contributed by atoms with E-state index in [1.54, 1.807) is 24.3 Å². The molecule has 0 unspecified atom stereocenters. The van der Waals surface area contributed by atoms with Crippen molar-refractivity contribution in [3.63, 3.8) is 0 Å². The van der Waals surface area contributed by atoms with E-state index in [1.165, 1.54) is 0 Å². The van der Waals surface area contributed by atoms with Gasteiger partial charge >= 0.3 is 0 Å². The summed E-state index contributed by atoms with van der Waals surface area (Å²) in [6, 6.07) is 10.4. The SMILES string of the molecule is O=S(=O)(O)CCCCCCc1cc(O)ccc1-c1ccc(O)cc1CCCCCCS(=O)(=O)O. The van der Waals surface area contributed by atoms with Gasteiger partial charge < -0.3 is 10.2 Å². The molecule has 0 bridgehead atoms. The third kappa shape index (κ3) is 10.9. The third-order valence-corrected chi connectivity index (χ3v) is 7.27. The van der Waals surface area contributed by atoms with Crippen LogP contribution in [0.25, 0.3) is 11.1 Å². The van der Waals surface area contributed by atoms with E-state index >= 15 is 0 Å². The molecule has 10 heteroatoms. The third-order valence-electron chi connectivity index (χ3n) is 5.66. The Balaban J connectivity index is 2.03. The molecule has 0 aliphatic carbocycles. The van der Waals surface area contributed by atoms with Gasteiger partial charge in [0.15, 0.2) is 0 Å². The molecule has 2 aromatic rings. The van der Waals surface area contributed by atoms with E-state index in [2.05, 4.69) is 0 Å². The van der Waals surface area contributed by atoms with Crippen LogP contribution < -0.4 is 0 Å². The highest BCUT2D eigenvalue weighted by atomic mass is 32.2. The highest BCUT2D eigenvalue weighted by molar-refractivity contribution is 7.86. The molecule has 0 spiro atoms. The van der Waals surface area contributed by atoms with Crippen molar-refractivity contribution in [3.05, 3.63) is 47.5 Å². The lowest BCUT2D eigenvalue weighted by Gasteiger charge is -2.15. The lowest BCUT2D eigenvalue weighted by Crippen LogP contribution is -2.03. The van der Waals surface area contributed by atoms with E-state index in [1.807, 2.05) is 12.1 Å². The van der Waals surface area contributed by atoms with Gasteiger partial charge in [0.25, 0.3) is 20.2 Å². The highest BCUT2D eigenvalue weighted by Crippen LogP contribution is 2.33. The second kappa shape index (κ2) is 13.1. The van der Waals surface area contributed by atoms with E-state index < -0.39 is 20.2 Å². The Morgan fingerprint density at radius 1 is 0.529 bits per heavy atom. The highest BCUT2D eigenvalue weighted by Gasteiger charge is 2.12. The summed E-state index contributed by atoms with van der Waals surface area (Å²) in [6.45, 7) is 0. The van der Waals surface area contributed by atoms with Gasteiger partial charge in [0.1, 0.15) is 11.5 Å². The molecule has 0 saturated carbocycles. The molecule has 0 fully saturated rings. The van der Waals surface area contributed by atoms with E-state index in [4.69, 9.17) is 9.11 Å². The topological polar surface area (TPSA) is 149 Å². The minimum atomic E-state index is -3.93. The Kier molecular flexibility index (Phi) is 10.8. The zero-order chi connectivity index (χ0) is 25.2. The molecule has 0 aliphatic heterocycles. The largest absolute Gasteiger partial charge is 0.508 e. The van der Waals surface area contributed by atoms with Gasteiger partial charge in [-0.2, -0.15) is 16.8 Å². The van der Waals surface area contributed by atoms with Crippen molar-refractivity contribution < 1.29 is 36.2 Å². The van der Waals surface area contributed by atoms with Gasteiger partial charge in [-0.25, -0.2) is 0 Å². The number of hydrogen-bond donors (Lipinski definition) is 4. The normalized spacial score (nSPS) is 12.2. The van der Waals surface area contributed by atoms with Crippen LogP contribution in [0.4, 0.5) is 0 Å². The molecular weight excluding hydrogens is 480 g/mol. The van der Waals surface area contributed by atoms with Gasteiger partial charge in [-0.05, 0) is 85.0 Å². The monoisotopic (exact) mass is 514 g/mol. The van der Waals surface area contributed by atoms with Crippen LogP contribution in [0.5, 0.6) is 11.5 Å². The number of aryl methyl sites for hydroxylation is 2. The molecule has 0 amide bonds. The molecule has 0 aliphatic rings. The predicted octanol–water partition coefficient (Wildman–Crippen LogP) is 4.75. The summed E-state index contributed by atoms with van der Waals surface area (Å²) in [4.78, 5) is 0. The number of hydrogen-bond acceptors (Lipinski definition) is 6. The molecule has 0 radical (unpaired) electrons. The molecule has 0 atom stereocenters. The maximum absolute atomic E-state index is 10.8. The van der Waals surface area contributed by atoms with Gasteiger partial charge in [-0.1, -0.05) is 37.8 Å². The molecule has 0 aromatic heterocycles. The van der Waals surface area contributed by atoms with Crippen molar-refractivity contribution in [3.8, 4) is 22.6 Å². The fraction of sp³-hybridized carbons (Fsp3) is 0.500. The quantitative estimate of drug-likeness (QED) is 0.197. The molecule has 2 rings (SSSR count). The molecule has 2 aromatic carbocycles. The minimum absolute atomic E-state index is 0.157. The predicted molar refractivity (Wildman–Crippen MR) is 132 cm³/mol. The summed E-state index contributed by atoms with van der Waals surface area (Å²) < 4.78 is 60.9. The van der Waals surface area contributed by atoms with Gasteiger partial charge in [0, 0.05) is 0 Å². The fourth-order valence-corrected chi connectivity index (χ4v) is 5.14. The Morgan fingerprint density at radius 3 is 1.24 bits per heavy atom. The number of unbranched alkanes of at least 4 members (excludes halogenated alkanes) is 6. The number of benzene rings is 2. The molecule has 8 nitrogen and oxygen atoms in total. The van der Waals surface area contributed by atoms with Crippen LogP contribution >= 0.6 is 0 Å². The lowest BCUT2D eigenvalue weighted by molar-refractivity contribution is 0.473. The summed E-state index contributed by atoms with van der Waals surface area (Å²) in [5, 5.41) is 20.0. The Hall–Kier alpha value is -2.14. The average molecular weight is 515 g/mol. The van der Waals surface area contributed by atoms with Gasteiger partial charge in [-0.15, -0.1) is 0 Å². The Bertz CT molecular complexity index is 1050. The molecular formula is C24H34O8S2. The zero-order valence-corrected chi connectivity index (χ0v) is 20.8. The number of phenols is 2. The summed E-state index contributed by atoms with van der Waals surface area (Å²) in [5.74, 6) is -0.165. The standard InChI is InChI=1S/C24H34O8S2/c25-21-11-13-23(19(17-21)9-5-1-3-7-15-33(27,28)29)24-14-12-22(26)18-20(24)10-6-2-4-8-16-34(30,31)32/h11-14,17-18,25-26H,1-10,15-16H2,(H,27,28,29)(H,30,31,32). The van der Waals surface area contributed by atoms with Crippen LogP contribution in [0, 0.1) is 0 Å². The van der Waals surface area contributed by atoms with E-state index in [9.17, 15) is 27.0 Å². The van der Waals surface area contributed by atoms with Crippen LogP contribution in [-0.4, -0.2) is 47.7 Å². The van der Waals surface area contributed by atoms with Crippen molar-refractivity contribution in [2.24, 2.45) is 0 Å². The summed E-state index contributed by atoms with van der Waals surface area (Å²) in [5.41, 5.74) is 3.82. The van der Waals surface area contributed by atoms with Gasteiger partial charge in [0.05, 0.1) is 11.5 Å². The lowest BCUT2D eigenvalue weighted by atomic mass is 9.90. The molecule has 34 heavy (non-hydrogen) atoms. The summed E-state index contributed by atoms with van der Waals surface area (Å²) in [6.07, 6.45) is 6.69. The first-order valence-corrected chi connectivity index (χ1v) is 14.7. The molecule has 4 N–H and O–H groups in total. The smallest absolute Gasteiger partial charge is 0.264 e. The Morgan fingerprint density at radius 2 is 0.882 bits per heavy atom. The first-order valence-electron chi connectivity index (χ1n) is 11.5. The van der Waals surface area contributed by atoms with Crippen molar-refractivity contribution >= 4 is 20.2 Å². The maximum Gasteiger partial charge on any atom is 0.264 e. The van der Waals surface area contributed by atoms with Crippen LogP contribution in [0.2, 0.25) is 0 Å². The van der Waals surface area contributed by atoms with E-state index in [0.29, 0.717) is 38.5 Å². The second-order valence-corrected chi connectivity index (χ2v) is 11.7. The summed E-state index contributed by atoms with van der Waals surface area (Å²) >= 11 is 0. The minimum Gasteiger partial charge on any atom is -0.508 e. The van der Waals surface area contributed by atoms with Crippen molar-refractivity contribution in [2.45, 2.75) is 64.2 Å². The van der Waals surface area contributed by atoms with Crippen LogP contribution in [0.1, 0.15) is 62.5 Å². The van der Waals surface area contributed by atoms with E-state index in [-0.39, 0.29) is 23.0 Å². The van der Waals surface area contributed by atoms with Crippen LogP contribution in [0.3, 0.4) is 0 Å². The van der Waals surface area contributed by atoms with Crippen molar-refractivity contribution in [1.82, 2.24) is 0 Å². The fourth-order valence-electron chi connectivity index (χ4n) is 4.01. The Labute approximate surface area is 202 Å². The van der Waals surface area contributed by atoms with Gasteiger partial charge in [-0.3, -0.25) is 9.11 Å². The first-order chi connectivity index (χ1) is 15.9. The zero-order valence-electron chi connectivity index (χ0n) is 19.2. The van der Waals surface area contributed by atoms with Crippen LogP contribution in [-0.2, 0) is 33.1 Å². The van der Waals surface area contributed by atoms with Crippen LogP contribution in [0.15, 0.2) is 36.4 Å². The average Bonchev–Trinajstić information content (AvgIpc) is 2.72. The maximum atomic E-state index is 10.8. The number of aromatic hydroxyl groups is 2. The number of phenolic OH excluding ortho intramolecular Hbond substituents is 2. The van der Waals surface area contributed by atoms with Crippen molar-refractivity contribution in [1.29, 1.82) is 0 Å². The second-order valence-electron chi connectivity index (χ2n) is 8.58.